The lowest BCUT2D eigenvalue weighted by Crippen LogP contribution is -1.92. The normalized spacial score (nSPS) is 10.7. The van der Waals surface area contributed by atoms with E-state index in [4.69, 9.17) is 14.0 Å². The van der Waals surface area contributed by atoms with Crippen molar-refractivity contribution in [1.82, 2.24) is 5.16 Å². The third kappa shape index (κ3) is 3.02. The van der Waals surface area contributed by atoms with Crippen LogP contribution in [0.4, 0.5) is 0 Å². The summed E-state index contributed by atoms with van der Waals surface area (Å²) in [6, 6.07) is 13.0. The highest BCUT2D eigenvalue weighted by Gasteiger charge is 2.20. The number of halogens is 1. The summed E-state index contributed by atoms with van der Waals surface area (Å²) in [5.74, 6) is 1.80. The molecule has 1 heterocycles. The Labute approximate surface area is 147 Å². The Balaban J connectivity index is 2.16. The van der Waals surface area contributed by atoms with Crippen LogP contribution >= 0.6 is 15.9 Å². The molecule has 0 saturated heterocycles. The number of rotatable bonds is 5. The fourth-order valence-electron chi connectivity index (χ4n) is 2.48. The van der Waals surface area contributed by atoms with Crippen LogP contribution in [0.5, 0.6) is 11.5 Å². The molecule has 24 heavy (non-hydrogen) atoms. The van der Waals surface area contributed by atoms with Crippen molar-refractivity contribution in [2.24, 2.45) is 0 Å². The predicted octanol–water partition coefficient (Wildman–Crippen LogP) is 4.28. The highest BCUT2D eigenvalue weighted by atomic mass is 79.9. The molecule has 0 fully saturated rings. The molecule has 1 N–H and O–H groups in total. The van der Waals surface area contributed by atoms with Crippen LogP contribution in [0, 0.1) is 0 Å². The van der Waals surface area contributed by atoms with E-state index >= 15 is 0 Å². The highest BCUT2D eigenvalue weighted by molar-refractivity contribution is 9.10. The van der Waals surface area contributed by atoms with Crippen molar-refractivity contribution in [3.63, 3.8) is 0 Å². The van der Waals surface area contributed by atoms with Gasteiger partial charge in [0.05, 0.1) is 26.4 Å². The number of hydrogen-bond donors (Lipinski definition) is 1. The lowest BCUT2D eigenvalue weighted by Gasteiger charge is -2.08. The maximum Gasteiger partial charge on any atom is 0.174 e. The van der Waals surface area contributed by atoms with Gasteiger partial charge in [0.25, 0.3) is 0 Å². The van der Waals surface area contributed by atoms with E-state index in [9.17, 15) is 5.11 Å². The molecule has 0 saturated carbocycles. The van der Waals surface area contributed by atoms with Gasteiger partial charge >= 0.3 is 0 Å². The number of ether oxygens (including phenoxy) is 2. The molecule has 3 rings (SSSR count). The average molecular weight is 390 g/mol. The van der Waals surface area contributed by atoms with E-state index in [2.05, 4.69) is 21.1 Å². The molecule has 124 valence electrons. The first-order valence-electron chi connectivity index (χ1n) is 7.25. The molecule has 3 aromatic rings. The zero-order chi connectivity index (χ0) is 17.1. The van der Waals surface area contributed by atoms with Crippen molar-refractivity contribution in [2.75, 3.05) is 14.2 Å². The van der Waals surface area contributed by atoms with Crippen LogP contribution in [0.15, 0.2) is 51.5 Å². The monoisotopic (exact) mass is 389 g/mol. The number of benzene rings is 2. The van der Waals surface area contributed by atoms with E-state index in [1.165, 1.54) is 0 Å². The molecule has 0 bridgehead atoms. The summed E-state index contributed by atoms with van der Waals surface area (Å²) < 4.78 is 17.0. The first-order valence-corrected chi connectivity index (χ1v) is 8.05. The van der Waals surface area contributed by atoms with Gasteiger partial charge in [0, 0.05) is 21.7 Å². The molecule has 0 radical (unpaired) electrons. The maximum absolute atomic E-state index is 9.88. The van der Waals surface area contributed by atoms with Crippen molar-refractivity contribution in [3.8, 4) is 34.1 Å². The van der Waals surface area contributed by atoms with Crippen molar-refractivity contribution < 1.29 is 19.1 Å². The van der Waals surface area contributed by atoms with Crippen molar-refractivity contribution in [3.05, 3.63) is 52.5 Å². The second kappa shape index (κ2) is 7.07. The van der Waals surface area contributed by atoms with Gasteiger partial charge in [0.1, 0.15) is 17.2 Å². The predicted molar refractivity (Wildman–Crippen MR) is 94.1 cm³/mol. The molecule has 0 aliphatic carbocycles. The molecule has 0 atom stereocenters. The maximum atomic E-state index is 9.88. The second-order valence-corrected chi connectivity index (χ2v) is 5.93. The van der Waals surface area contributed by atoms with E-state index < -0.39 is 0 Å². The molecule has 0 unspecified atom stereocenters. The molecule has 5 nitrogen and oxygen atoms in total. The van der Waals surface area contributed by atoms with Crippen LogP contribution < -0.4 is 9.47 Å². The highest BCUT2D eigenvalue weighted by Crippen LogP contribution is 2.37. The number of nitrogens with zero attached hydrogens (tertiary/aromatic N) is 1. The first-order chi connectivity index (χ1) is 11.7. The molecule has 2 aromatic carbocycles. The van der Waals surface area contributed by atoms with Gasteiger partial charge in [-0.25, -0.2) is 0 Å². The van der Waals surface area contributed by atoms with E-state index in [0.717, 1.165) is 15.6 Å². The summed E-state index contributed by atoms with van der Waals surface area (Å²) >= 11 is 3.50. The van der Waals surface area contributed by atoms with E-state index in [0.29, 0.717) is 28.5 Å². The van der Waals surface area contributed by atoms with Crippen LogP contribution in [0.25, 0.3) is 22.6 Å². The fraction of sp³-hybridized carbons (Fsp3) is 0.167. The van der Waals surface area contributed by atoms with Gasteiger partial charge in [-0.2, -0.15) is 0 Å². The fourth-order valence-corrected chi connectivity index (χ4v) is 2.95. The first kappa shape index (κ1) is 16.5. The van der Waals surface area contributed by atoms with Gasteiger partial charge in [-0.15, -0.1) is 0 Å². The summed E-state index contributed by atoms with van der Waals surface area (Å²) in [5.41, 5.74) is 2.74. The molecule has 0 aliphatic rings. The number of aliphatic hydroxyl groups is 1. The minimum Gasteiger partial charge on any atom is -0.497 e. The van der Waals surface area contributed by atoms with Crippen molar-refractivity contribution in [2.45, 2.75) is 6.61 Å². The van der Waals surface area contributed by atoms with Gasteiger partial charge in [0.2, 0.25) is 0 Å². The third-order valence-corrected chi connectivity index (χ3v) is 4.38. The van der Waals surface area contributed by atoms with Crippen LogP contribution in [0.3, 0.4) is 0 Å². The minimum absolute atomic E-state index is 0.199. The average Bonchev–Trinajstić information content (AvgIpc) is 3.05. The van der Waals surface area contributed by atoms with E-state index in [1.807, 2.05) is 36.4 Å². The van der Waals surface area contributed by atoms with Gasteiger partial charge < -0.3 is 19.1 Å². The Morgan fingerprint density at radius 3 is 2.33 bits per heavy atom. The summed E-state index contributed by atoms with van der Waals surface area (Å²) in [6.07, 6.45) is 0. The Morgan fingerprint density at radius 2 is 1.75 bits per heavy atom. The largest absolute Gasteiger partial charge is 0.497 e. The van der Waals surface area contributed by atoms with E-state index in [-0.39, 0.29) is 6.61 Å². The standard InChI is InChI=1S/C18H16BrNO4/c1-22-12-7-11(8-13(9-12)23-2)17-15(10-21)18(24-20-17)14-5-3-4-6-16(14)19/h3-9,21H,10H2,1-2H3. The Bertz CT molecular complexity index is 838. The van der Waals surface area contributed by atoms with Gasteiger partial charge in [-0.3, -0.25) is 0 Å². The Morgan fingerprint density at radius 1 is 1.08 bits per heavy atom. The van der Waals surface area contributed by atoms with Crippen LogP contribution in [-0.2, 0) is 6.61 Å². The van der Waals surface area contributed by atoms with Crippen LogP contribution in [0.2, 0.25) is 0 Å². The number of hydrogen-bond acceptors (Lipinski definition) is 5. The van der Waals surface area contributed by atoms with Gasteiger partial charge in [-0.1, -0.05) is 33.2 Å². The van der Waals surface area contributed by atoms with Gasteiger partial charge in [-0.05, 0) is 24.3 Å². The molecule has 1 aromatic heterocycles. The minimum atomic E-state index is -0.199. The van der Waals surface area contributed by atoms with Gasteiger partial charge in [0.15, 0.2) is 5.76 Å². The zero-order valence-electron chi connectivity index (χ0n) is 13.2. The Kier molecular flexibility index (Phi) is 4.87. The summed E-state index contributed by atoms with van der Waals surface area (Å²) in [4.78, 5) is 0. The topological polar surface area (TPSA) is 64.7 Å². The molecule has 0 amide bonds. The SMILES string of the molecule is COc1cc(OC)cc(-c2noc(-c3ccccc3Br)c2CO)c1. The smallest absolute Gasteiger partial charge is 0.174 e. The third-order valence-electron chi connectivity index (χ3n) is 3.69. The number of aromatic nitrogens is 1. The quantitative estimate of drug-likeness (QED) is 0.705. The zero-order valence-corrected chi connectivity index (χ0v) is 14.8. The molecule has 0 aliphatic heterocycles. The summed E-state index contributed by atoms with van der Waals surface area (Å²) in [6.45, 7) is -0.199. The number of aliphatic hydroxyl groups excluding tert-OH is 1. The Hall–Kier alpha value is -2.31. The molecule has 6 heteroatoms. The lowest BCUT2D eigenvalue weighted by atomic mass is 10.0. The molecular formula is C18H16BrNO4. The molecule has 0 spiro atoms. The summed E-state index contributed by atoms with van der Waals surface area (Å²) in [7, 11) is 3.17. The van der Waals surface area contributed by atoms with Crippen LogP contribution in [0.1, 0.15) is 5.56 Å². The summed E-state index contributed by atoms with van der Waals surface area (Å²) in [5, 5.41) is 14.0. The van der Waals surface area contributed by atoms with E-state index in [1.54, 1.807) is 20.3 Å². The van der Waals surface area contributed by atoms with Crippen molar-refractivity contribution >= 4 is 15.9 Å². The lowest BCUT2D eigenvalue weighted by molar-refractivity contribution is 0.281. The number of methoxy groups -OCH3 is 2. The molecular weight excluding hydrogens is 374 g/mol. The van der Waals surface area contributed by atoms with Crippen molar-refractivity contribution in [1.29, 1.82) is 0 Å². The second-order valence-electron chi connectivity index (χ2n) is 5.08. The van der Waals surface area contributed by atoms with Crippen LogP contribution in [-0.4, -0.2) is 24.5 Å².